The van der Waals surface area contributed by atoms with Crippen LogP contribution < -0.4 is 0 Å². The van der Waals surface area contributed by atoms with Gasteiger partial charge in [-0.05, 0) is 18.4 Å². The highest BCUT2D eigenvalue weighted by molar-refractivity contribution is 5.15. The van der Waals surface area contributed by atoms with E-state index in [0.717, 1.165) is 26.1 Å². The highest BCUT2D eigenvalue weighted by Gasteiger charge is 2.59. The van der Waals surface area contributed by atoms with E-state index < -0.39 is 0 Å². The van der Waals surface area contributed by atoms with Gasteiger partial charge in [0, 0.05) is 17.8 Å². The lowest BCUT2D eigenvalue weighted by Crippen LogP contribution is -2.40. The Morgan fingerprint density at radius 2 is 1.78 bits per heavy atom. The lowest BCUT2D eigenvalue weighted by Gasteiger charge is -2.35. The van der Waals surface area contributed by atoms with Crippen LogP contribution in [0.4, 0.5) is 0 Å². The predicted molar refractivity (Wildman–Crippen MR) is 71.3 cm³/mol. The van der Waals surface area contributed by atoms with Gasteiger partial charge in [0.1, 0.15) is 0 Å². The van der Waals surface area contributed by atoms with Crippen LogP contribution >= 0.6 is 0 Å². The molecule has 0 radical (unpaired) electrons. The van der Waals surface area contributed by atoms with Crippen molar-refractivity contribution in [3.05, 3.63) is 35.9 Å². The fourth-order valence-corrected chi connectivity index (χ4v) is 2.66. The van der Waals surface area contributed by atoms with E-state index in [4.69, 9.17) is 9.47 Å². The monoisotopic (exact) mass is 246 g/mol. The van der Waals surface area contributed by atoms with Crippen LogP contribution in [0.15, 0.2) is 30.3 Å². The molecule has 0 amide bonds. The SMILES string of the molecule is CC1(C)COC2(C[C@@H]2CCc2ccccc2)OC1. The second-order valence-corrected chi connectivity index (χ2v) is 6.48. The summed E-state index contributed by atoms with van der Waals surface area (Å²) < 4.78 is 11.9. The van der Waals surface area contributed by atoms with Gasteiger partial charge >= 0.3 is 0 Å². The summed E-state index contributed by atoms with van der Waals surface area (Å²) in [5, 5.41) is 0. The summed E-state index contributed by atoms with van der Waals surface area (Å²) in [6, 6.07) is 10.7. The van der Waals surface area contributed by atoms with Gasteiger partial charge in [-0.1, -0.05) is 44.2 Å². The maximum absolute atomic E-state index is 5.97. The van der Waals surface area contributed by atoms with E-state index in [0.29, 0.717) is 5.92 Å². The molecule has 0 bridgehead atoms. The first-order chi connectivity index (χ1) is 8.60. The van der Waals surface area contributed by atoms with Gasteiger partial charge in [-0.3, -0.25) is 0 Å². The molecule has 0 N–H and O–H groups in total. The second-order valence-electron chi connectivity index (χ2n) is 6.48. The zero-order chi connectivity index (χ0) is 12.6. The molecule has 0 aromatic heterocycles. The lowest BCUT2D eigenvalue weighted by molar-refractivity contribution is -0.250. The summed E-state index contributed by atoms with van der Waals surface area (Å²) in [6.07, 6.45) is 3.38. The van der Waals surface area contributed by atoms with E-state index in [9.17, 15) is 0 Å². The molecule has 1 spiro atoms. The van der Waals surface area contributed by atoms with Crippen LogP contribution in [0.2, 0.25) is 0 Å². The number of hydrogen-bond donors (Lipinski definition) is 0. The van der Waals surface area contributed by atoms with Gasteiger partial charge in [-0.25, -0.2) is 0 Å². The van der Waals surface area contributed by atoms with Crippen LogP contribution in [-0.2, 0) is 15.9 Å². The van der Waals surface area contributed by atoms with Crippen molar-refractivity contribution >= 4 is 0 Å². The first kappa shape index (κ1) is 12.2. The summed E-state index contributed by atoms with van der Waals surface area (Å²) in [6.45, 7) is 6.05. The molecule has 1 heterocycles. The molecule has 1 atom stereocenters. The molecule has 2 nitrogen and oxygen atoms in total. The number of rotatable bonds is 3. The van der Waals surface area contributed by atoms with Gasteiger partial charge < -0.3 is 9.47 Å². The van der Waals surface area contributed by atoms with Crippen LogP contribution in [0, 0.1) is 11.3 Å². The van der Waals surface area contributed by atoms with E-state index in [-0.39, 0.29) is 11.2 Å². The van der Waals surface area contributed by atoms with Gasteiger partial charge in [-0.2, -0.15) is 0 Å². The molecule has 1 saturated carbocycles. The lowest BCUT2D eigenvalue weighted by atomic mass is 9.95. The molecule has 2 aliphatic rings. The first-order valence-electron chi connectivity index (χ1n) is 6.92. The number of ether oxygens (including phenoxy) is 2. The smallest absolute Gasteiger partial charge is 0.171 e. The van der Waals surface area contributed by atoms with Gasteiger partial charge in [0.25, 0.3) is 0 Å². The molecular weight excluding hydrogens is 224 g/mol. The van der Waals surface area contributed by atoms with Crippen LogP contribution in [0.1, 0.15) is 32.3 Å². The summed E-state index contributed by atoms with van der Waals surface area (Å²) in [5.41, 5.74) is 1.59. The zero-order valence-corrected chi connectivity index (χ0v) is 11.3. The van der Waals surface area contributed by atoms with E-state index in [1.165, 1.54) is 12.0 Å². The van der Waals surface area contributed by atoms with Crippen LogP contribution in [0.5, 0.6) is 0 Å². The van der Waals surface area contributed by atoms with E-state index >= 15 is 0 Å². The van der Waals surface area contributed by atoms with Crippen LogP contribution in [-0.4, -0.2) is 19.0 Å². The Morgan fingerprint density at radius 1 is 1.11 bits per heavy atom. The molecule has 2 fully saturated rings. The summed E-state index contributed by atoms with van der Waals surface area (Å²) >= 11 is 0. The predicted octanol–water partition coefficient (Wildman–Crippen LogP) is 3.41. The molecule has 1 aromatic rings. The van der Waals surface area contributed by atoms with Gasteiger partial charge in [0.2, 0.25) is 0 Å². The minimum atomic E-state index is -0.218. The Kier molecular flexibility index (Phi) is 2.95. The fraction of sp³-hybridized carbons (Fsp3) is 0.625. The Bertz CT molecular complexity index is 400. The topological polar surface area (TPSA) is 18.5 Å². The molecule has 1 saturated heterocycles. The molecule has 1 aliphatic carbocycles. The van der Waals surface area contributed by atoms with Crippen molar-refractivity contribution in [2.75, 3.05) is 13.2 Å². The normalized spacial score (nSPS) is 28.2. The van der Waals surface area contributed by atoms with Crippen molar-refractivity contribution in [2.45, 2.75) is 38.9 Å². The molecular formula is C16H22O2. The Labute approximate surface area is 109 Å². The first-order valence-corrected chi connectivity index (χ1v) is 6.92. The number of hydrogen-bond acceptors (Lipinski definition) is 2. The van der Waals surface area contributed by atoms with Crippen LogP contribution in [0.25, 0.3) is 0 Å². The number of aryl methyl sites for hydroxylation is 1. The molecule has 0 unspecified atom stereocenters. The maximum Gasteiger partial charge on any atom is 0.171 e. The van der Waals surface area contributed by atoms with Crippen molar-refractivity contribution < 1.29 is 9.47 Å². The van der Waals surface area contributed by atoms with E-state index in [2.05, 4.69) is 44.2 Å². The highest BCUT2D eigenvalue weighted by Crippen LogP contribution is 2.53. The minimum absolute atomic E-state index is 0.178. The largest absolute Gasteiger partial charge is 0.349 e. The third kappa shape index (κ3) is 2.45. The summed E-state index contributed by atoms with van der Waals surface area (Å²) in [4.78, 5) is 0. The third-order valence-electron chi connectivity index (χ3n) is 4.03. The molecule has 1 aromatic carbocycles. The van der Waals surface area contributed by atoms with Gasteiger partial charge in [0.05, 0.1) is 13.2 Å². The van der Waals surface area contributed by atoms with Crippen molar-refractivity contribution in [1.82, 2.24) is 0 Å². The average molecular weight is 246 g/mol. The zero-order valence-electron chi connectivity index (χ0n) is 11.3. The van der Waals surface area contributed by atoms with Gasteiger partial charge in [-0.15, -0.1) is 0 Å². The summed E-state index contributed by atoms with van der Waals surface area (Å²) in [5.74, 6) is 0.374. The van der Waals surface area contributed by atoms with Gasteiger partial charge in [0.15, 0.2) is 5.79 Å². The van der Waals surface area contributed by atoms with Crippen molar-refractivity contribution in [3.63, 3.8) is 0 Å². The summed E-state index contributed by atoms with van der Waals surface area (Å²) in [7, 11) is 0. The highest BCUT2D eigenvalue weighted by atomic mass is 16.7. The second kappa shape index (κ2) is 4.36. The fourth-order valence-electron chi connectivity index (χ4n) is 2.66. The Balaban J connectivity index is 1.50. The third-order valence-corrected chi connectivity index (χ3v) is 4.03. The molecule has 3 rings (SSSR count). The van der Waals surface area contributed by atoms with Crippen molar-refractivity contribution in [1.29, 1.82) is 0 Å². The average Bonchev–Trinajstić information content (AvgIpc) is 3.06. The molecule has 18 heavy (non-hydrogen) atoms. The maximum atomic E-state index is 5.97. The van der Waals surface area contributed by atoms with Crippen molar-refractivity contribution in [2.24, 2.45) is 11.3 Å². The van der Waals surface area contributed by atoms with Crippen molar-refractivity contribution in [3.8, 4) is 0 Å². The molecule has 98 valence electrons. The quantitative estimate of drug-likeness (QED) is 0.813. The number of benzene rings is 1. The van der Waals surface area contributed by atoms with E-state index in [1.54, 1.807) is 0 Å². The molecule has 2 heteroatoms. The minimum Gasteiger partial charge on any atom is -0.349 e. The Morgan fingerprint density at radius 3 is 2.44 bits per heavy atom. The van der Waals surface area contributed by atoms with E-state index in [1.807, 2.05) is 0 Å². The van der Waals surface area contributed by atoms with Crippen LogP contribution in [0.3, 0.4) is 0 Å². The standard InChI is InChI=1S/C16H22O2/c1-15(2)11-17-16(18-12-15)10-14(16)9-8-13-6-4-3-5-7-13/h3-7,14H,8-12H2,1-2H3/t14-/m0/s1. The molecule has 1 aliphatic heterocycles. The Hall–Kier alpha value is -0.860.